The second-order valence-corrected chi connectivity index (χ2v) is 7.64. The van der Waals surface area contributed by atoms with Gasteiger partial charge in [0.05, 0.1) is 0 Å². The molecule has 0 aliphatic carbocycles. The minimum absolute atomic E-state index is 0.0645. The largest absolute Gasteiger partial charge is 0.508 e. The molecular weight excluding hydrogens is 232 g/mol. The first-order valence-corrected chi connectivity index (χ1v) is 6.96. The second kappa shape index (κ2) is 5.03. The molecule has 0 aromatic heterocycles. The number of hydrogen-bond acceptors (Lipinski definition) is 1. The molecule has 0 heterocycles. The van der Waals surface area contributed by atoms with Crippen LogP contribution in [0.4, 0.5) is 0 Å². The number of benzene rings is 1. The van der Waals surface area contributed by atoms with E-state index >= 15 is 0 Å². The van der Waals surface area contributed by atoms with Gasteiger partial charge in [-0.1, -0.05) is 59.3 Å². The summed E-state index contributed by atoms with van der Waals surface area (Å²) in [4.78, 5) is 0. The summed E-state index contributed by atoms with van der Waals surface area (Å²) in [5.41, 5.74) is 4.75. The van der Waals surface area contributed by atoms with E-state index in [0.29, 0.717) is 5.75 Å². The van der Waals surface area contributed by atoms with Crippen LogP contribution in [-0.4, -0.2) is 5.11 Å². The molecule has 1 heteroatoms. The minimum Gasteiger partial charge on any atom is -0.508 e. The highest BCUT2D eigenvalue weighted by Crippen LogP contribution is 2.40. The van der Waals surface area contributed by atoms with Gasteiger partial charge in [0.15, 0.2) is 0 Å². The summed E-state index contributed by atoms with van der Waals surface area (Å²) >= 11 is 0. The highest BCUT2D eigenvalue weighted by molar-refractivity contribution is 5.66. The fourth-order valence-electron chi connectivity index (χ4n) is 2.49. The van der Waals surface area contributed by atoms with Crippen LogP contribution in [0.15, 0.2) is 17.7 Å². The van der Waals surface area contributed by atoms with Gasteiger partial charge in [-0.3, -0.25) is 0 Å². The van der Waals surface area contributed by atoms with Gasteiger partial charge in [0.1, 0.15) is 5.75 Å². The van der Waals surface area contributed by atoms with Crippen LogP contribution in [0, 0.1) is 0 Å². The van der Waals surface area contributed by atoms with E-state index in [9.17, 15) is 5.11 Å². The summed E-state index contributed by atoms with van der Waals surface area (Å²) in [6, 6.07) is 3.89. The Kier molecular flexibility index (Phi) is 4.19. The zero-order valence-electron chi connectivity index (χ0n) is 13.7. The maximum absolute atomic E-state index is 10.3. The van der Waals surface area contributed by atoms with Gasteiger partial charge in [-0.05, 0) is 41.9 Å². The number of phenolic OH excluding ortho intramolecular Hbond substituents is 1. The summed E-state index contributed by atoms with van der Waals surface area (Å²) in [7, 11) is 0. The lowest BCUT2D eigenvalue weighted by Gasteiger charge is -2.29. The van der Waals surface area contributed by atoms with Crippen molar-refractivity contribution in [1.29, 1.82) is 0 Å². The first-order chi connectivity index (χ1) is 8.44. The Labute approximate surface area is 118 Å². The van der Waals surface area contributed by atoms with Gasteiger partial charge in [0.25, 0.3) is 0 Å². The average Bonchev–Trinajstić information content (AvgIpc) is 2.11. The van der Waals surface area contributed by atoms with Gasteiger partial charge >= 0.3 is 0 Å². The first kappa shape index (κ1) is 15.8. The number of hydrogen-bond donors (Lipinski definition) is 1. The number of aromatic hydroxyl groups is 1. The van der Waals surface area contributed by atoms with Gasteiger partial charge in [-0.15, -0.1) is 0 Å². The fourth-order valence-corrected chi connectivity index (χ4v) is 2.49. The van der Waals surface area contributed by atoms with Crippen molar-refractivity contribution in [3.63, 3.8) is 0 Å². The Balaban J connectivity index is 3.76. The Morgan fingerprint density at radius 2 is 1.47 bits per heavy atom. The highest BCUT2D eigenvalue weighted by Gasteiger charge is 2.27. The summed E-state index contributed by atoms with van der Waals surface area (Å²) in [6.45, 7) is 17.3. The van der Waals surface area contributed by atoms with Crippen LogP contribution >= 0.6 is 0 Å². The van der Waals surface area contributed by atoms with E-state index in [2.05, 4.69) is 67.5 Å². The van der Waals surface area contributed by atoms with Crippen LogP contribution in [-0.2, 0) is 10.8 Å². The molecule has 0 spiro atoms. The Bertz CT molecular complexity index is 490. The van der Waals surface area contributed by atoms with Crippen LogP contribution in [0.25, 0.3) is 6.08 Å². The molecule has 19 heavy (non-hydrogen) atoms. The van der Waals surface area contributed by atoms with Gasteiger partial charge in [-0.25, -0.2) is 0 Å². The molecule has 0 saturated heterocycles. The third-order valence-electron chi connectivity index (χ3n) is 3.21. The number of rotatable bonds is 1. The van der Waals surface area contributed by atoms with Crippen LogP contribution in [0.5, 0.6) is 5.75 Å². The number of allylic oxidation sites excluding steroid dienone is 1. The van der Waals surface area contributed by atoms with Crippen LogP contribution < -0.4 is 0 Å². The maximum Gasteiger partial charge on any atom is 0.119 e. The molecule has 0 bridgehead atoms. The number of phenols is 1. The molecule has 0 unspecified atom stereocenters. The third-order valence-corrected chi connectivity index (χ3v) is 3.21. The molecule has 1 aromatic carbocycles. The van der Waals surface area contributed by atoms with Crippen molar-refractivity contribution < 1.29 is 5.11 Å². The molecule has 0 atom stereocenters. The molecular formula is C18H28O. The maximum atomic E-state index is 10.3. The van der Waals surface area contributed by atoms with E-state index in [1.807, 2.05) is 6.07 Å². The lowest BCUT2D eigenvalue weighted by molar-refractivity contribution is 0.444. The predicted octanol–water partition coefficient (Wildman–Crippen LogP) is 5.41. The van der Waals surface area contributed by atoms with Crippen molar-refractivity contribution in [2.75, 3.05) is 0 Å². The van der Waals surface area contributed by atoms with Crippen molar-refractivity contribution in [2.45, 2.75) is 66.2 Å². The fraction of sp³-hybridized carbons (Fsp3) is 0.556. The molecule has 0 saturated carbocycles. The van der Waals surface area contributed by atoms with Crippen LogP contribution in [0.3, 0.4) is 0 Å². The topological polar surface area (TPSA) is 20.2 Å². The van der Waals surface area contributed by atoms with E-state index in [0.717, 1.165) is 5.56 Å². The van der Waals surface area contributed by atoms with Gasteiger partial charge in [0, 0.05) is 5.56 Å². The summed E-state index contributed by atoms with van der Waals surface area (Å²) in [5, 5.41) is 10.3. The molecule has 0 radical (unpaired) electrons. The van der Waals surface area contributed by atoms with Crippen molar-refractivity contribution in [1.82, 2.24) is 0 Å². The monoisotopic (exact) mass is 260 g/mol. The molecule has 0 aliphatic heterocycles. The van der Waals surface area contributed by atoms with E-state index in [1.165, 1.54) is 16.7 Å². The molecule has 1 aromatic rings. The summed E-state index contributed by atoms with van der Waals surface area (Å²) in [6.07, 6.45) is 2.20. The van der Waals surface area contributed by atoms with E-state index < -0.39 is 0 Å². The standard InChI is InChI=1S/C18H28O/c1-12(2)11-13-14(17(3,4)5)9-10-15(19)16(13)18(6,7)8/h9-11,19H,1-8H3. The van der Waals surface area contributed by atoms with E-state index in [1.54, 1.807) is 0 Å². The summed E-state index contributed by atoms with van der Waals surface area (Å²) in [5.74, 6) is 0.396. The Morgan fingerprint density at radius 1 is 0.947 bits per heavy atom. The molecule has 0 fully saturated rings. The van der Waals surface area contributed by atoms with E-state index in [4.69, 9.17) is 0 Å². The lowest BCUT2D eigenvalue weighted by Crippen LogP contribution is -2.19. The quantitative estimate of drug-likeness (QED) is 0.715. The van der Waals surface area contributed by atoms with Gasteiger partial charge in [0.2, 0.25) is 0 Å². The smallest absolute Gasteiger partial charge is 0.119 e. The van der Waals surface area contributed by atoms with Crippen LogP contribution in [0.2, 0.25) is 0 Å². The molecule has 106 valence electrons. The molecule has 1 N–H and O–H groups in total. The zero-order valence-corrected chi connectivity index (χ0v) is 13.7. The predicted molar refractivity (Wildman–Crippen MR) is 84.8 cm³/mol. The SMILES string of the molecule is CC(C)=Cc1c(C(C)(C)C)ccc(O)c1C(C)(C)C. The van der Waals surface area contributed by atoms with E-state index in [-0.39, 0.29) is 10.8 Å². The van der Waals surface area contributed by atoms with Crippen molar-refractivity contribution in [3.05, 3.63) is 34.4 Å². The van der Waals surface area contributed by atoms with Gasteiger partial charge in [-0.2, -0.15) is 0 Å². The average molecular weight is 260 g/mol. The van der Waals surface area contributed by atoms with Gasteiger partial charge < -0.3 is 5.11 Å². The second-order valence-electron chi connectivity index (χ2n) is 7.64. The van der Waals surface area contributed by atoms with Crippen LogP contribution in [0.1, 0.15) is 72.1 Å². The molecule has 0 aliphatic rings. The molecule has 1 rings (SSSR count). The van der Waals surface area contributed by atoms with Crippen molar-refractivity contribution in [2.24, 2.45) is 0 Å². The Morgan fingerprint density at radius 3 is 1.84 bits per heavy atom. The minimum atomic E-state index is -0.0768. The zero-order chi connectivity index (χ0) is 15.0. The summed E-state index contributed by atoms with van der Waals surface area (Å²) < 4.78 is 0. The third kappa shape index (κ3) is 3.62. The lowest BCUT2D eigenvalue weighted by atomic mass is 9.75. The Hall–Kier alpha value is -1.24. The molecule has 1 nitrogen and oxygen atoms in total. The normalized spacial score (nSPS) is 12.4. The molecule has 0 amide bonds. The van der Waals surface area contributed by atoms with Crippen molar-refractivity contribution in [3.8, 4) is 5.75 Å². The van der Waals surface area contributed by atoms with Crippen molar-refractivity contribution >= 4 is 6.08 Å². The first-order valence-electron chi connectivity index (χ1n) is 6.96. The highest BCUT2D eigenvalue weighted by atomic mass is 16.3.